The van der Waals surface area contributed by atoms with E-state index < -0.39 is 5.41 Å². The predicted molar refractivity (Wildman–Crippen MR) is 129 cm³/mol. The number of nitrogens with zero attached hydrogens (tertiary/aromatic N) is 7. The molecule has 2 N–H and O–H groups in total. The van der Waals surface area contributed by atoms with Crippen LogP contribution in [0.4, 0.5) is 5.69 Å². The van der Waals surface area contributed by atoms with Gasteiger partial charge < -0.3 is 10.6 Å². The first-order chi connectivity index (χ1) is 16.8. The molecule has 11 nitrogen and oxygen atoms in total. The van der Waals surface area contributed by atoms with Gasteiger partial charge in [-0.2, -0.15) is 10.2 Å². The average molecular weight is 542 g/mol. The van der Waals surface area contributed by atoms with Crippen molar-refractivity contribution in [2.24, 2.45) is 31.3 Å². The predicted octanol–water partition coefficient (Wildman–Crippen LogP) is 2.37. The number of anilines is 1. The van der Waals surface area contributed by atoms with Gasteiger partial charge in [-0.15, -0.1) is 5.10 Å². The first-order valence-corrected chi connectivity index (χ1v) is 12.7. The SMILES string of the molecule is Cn1cc(CNC(=O)c2c(NC(=O)C34CC5CC(C3)CC(n3cnc(Br)n3)(C5)C4)cnn2C)cn1. The molecule has 4 bridgehead atoms. The third-order valence-electron chi connectivity index (χ3n) is 8.08. The number of carbonyl (C=O) groups excluding carboxylic acids is 2. The topological polar surface area (TPSA) is 125 Å². The summed E-state index contributed by atoms with van der Waals surface area (Å²) in [6.07, 6.45) is 12.6. The van der Waals surface area contributed by atoms with E-state index in [1.807, 2.05) is 17.9 Å². The first-order valence-electron chi connectivity index (χ1n) is 11.9. The fourth-order valence-electron chi connectivity index (χ4n) is 7.10. The van der Waals surface area contributed by atoms with Crippen LogP contribution < -0.4 is 10.6 Å². The summed E-state index contributed by atoms with van der Waals surface area (Å²) in [4.78, 5) is 31.2. The zero-order chi connectivity index (χ0) is 24.4. The van der Waals surface area contributed by atoms with E-state index in [0.29, 0.717) is 34.5 Å². The van der Waals surface area contributed by atoms with Gasteiger partial charge in [0.15, 0.2) is 0 Å². The molecule has 4 aliphatic rings. The Balaban J connectivity index is 1.23. The molecule has 7 rings (SSSR count). The van der Waals surface area contributed by atoms with Gasteiger partial charge in [0.1, 0.15) is 12.0 Å². The normalized spacial score (nSPS) is 28.9. The summed E-state index contributed by atoms with van der Waals surface area (Å²) in [7, 11) is 3.54. The van der Waals surface area contributed by atoms with Gasteiger partial charge in [0, 0.05) is 32.4 Å². The molecule has 2 atom stereocenters. The van der Waals surface area contributed by atoms with Gasteiger partial charge in [-0.3, -0.25) is 19.0 Å². The number of carbonyl (C=O) groups is 2. The summed E-state index contributed by atoms with van der Waals surface area (Å²) in [5, 5.41) is 19.0. The molecule has 3 aromatic rings. The molecule has 0 spiro atoms. The molecule has 2 amide bonds. The quantitative estimate of drug-likeness (QED) is 0.493. The van der Waals surface area contributed by atoms with Crippen molar-refractivity contribution in [1.82, 2.24) is 39.6 Å². The Kier molecular flexibility index (Phi) is 5.13. The van der Waals surface area contributed by atoms with Crippen LogP contribution in [0.15, 0.2) is 29.7 Å². The fourth-order valence-corrected chi connectivity index (χ4v) is 7.36. The number of rotatable bonds is 6. The molecule has 4 aliphatic carbocycles. The van der Waals surface area contributed by atoms with Crippen molar-refractivity contribution < 1.29 is 9.59 Å². The summed E-state index contributed by atoms with van der Waals surface area (Å²) in [5.74, 6) is 0.658. The number of hydrogen-bond donors (Lipinski definition) is 2. The second kappa shape index (κ2) is 8.00. The summed E-state index contributed by atoms with van der Waals surface area (Å²) in [5.41, 5.74) is 1.00. The molecule has 0 aliphatic heterocycles. The third kappa shape index (κ3) is 3.78. The molecule has 35 heavy (non-hydrogen) atoms. The van der Waals surface area contributed by atoms with E-state index in [4.69, 9.17) is 0 Å². The van der Waals surface area contributed by atoms with Crippen LogP contribution in [-0.4, -0.2) is 46.1 Å². The van der Waals surface area contributed by atoms with Gasteiger partial charge >= 0.3 is 0 Å². The zero-order valence-corrected chi connectivity index (χ0v) is 21.3. The zero-order valence-electron chi connectivity index (χ0n) is 19.7. The van der Waals surface area contributed by atoms with Crippen LogP contribution in [0.3, 0.4) is 0 Å². The van der Waals surface area contributed by atoms with Crippen LogP contribution in [-0.2, 0) is 31.0 Å². The number of nitrogens with one attached hydrogen (secondary N) is 2. The van der Waals surface area contributed by atoms with E-state index >= 15 is 0 Å². The third-order valence-corrected chi connectivity index (χ3v) is 8.44. The lowest BCUT2D eigenvalue weighted by atomic mass is 9.46. The fraction of sp³-hybridized carbons (Fsp3) is 0.565. The number of halogens is 1. The minimum Gasteiger partial charge on any atom is -0.346 e. The van der Waals surface area contributed by atoms with Crippen molar-refractivity contribution in [3.63, 3.8) is 0 Å². The molecule has 0 saturated heterocycles. The Morgan fingerprint density at radius 3 is 2.57 bits per heavy atom. The second-order valence-electron chi connectivity index (χ2n) is 10.6. The van der Waals surface area contributed by atoms with E-state index in [9.17, 15) is 9.59 Å². The van der Waals surface area contributed by atoms with Gasteiger partial charge in [0.25, 0.3) is 5.91 Å². The van der Waals surface area contributed by atoms with E-state index in [0.717, 1.165) is 37.7 Å². The molecular formula is C23H28BrN9O2. The average Bonchev–Trinajstić information content (AvgIpc) is 3.52. The standard InChI is InChI=1S/C23H28BrN9O2/c1-31-11-16(9-27-31)8-25-19(34)18-17(10-28-32(18)2)29-20(35)22-4-14-3-15(5-22)7-23(6-14,12-22)33-13-26-21(24)30-33/h9-11,13-15H,3-8,12H2,1-2H3,(H,25,34)(H,29,35). The highest BCUT2D eigenvalue weighted by Crippen LogP contribution is 2.64. The van der Waals surface area contributed by atoms with Crippen LogP contribution in [0.25, 0.3) is 0 Å². The van der Waals surface area contributed by atoms with Gasteiger partial charge in [-0.1, -0.05) is 0 Å². The first kappa shape index (κ1) is 22.4. The lowest BCUT2D eigenvalue weighted by molar-refractivity contribution is -0.150. The van der Waals surface area contributed by atoms with Crippen molar-refractivity contribution in [3.05, 3.63) is 40.9 Å². The molecule has 3 aromatic heterocycles. The summed E-state index contributed by atoms with van der Waals surface area (Å²) < 4.78 is 5.75. The van der Waals surface area contributed by atoms with Crippen molar-refractivity contribution in [2.75, 3.05) is 5.32 Å². The molecule has 3 heterocycles. The molecular weight excluding hydrogens is 514 g/mol. The number of amides is 2. The van der Waals surface area contributed by atoms with Crippen molar-refractivity contribution in [1.29, 1.82) is 0 Å². The molecule has 0 aromatic carbocycles. The maximum Gasteiger partial charge on any atom is 0.271 e. The number of aryl methyl sites for hydroxylation is 2. The second-order valence-corrected chi connectivity index (χ2v) is 11.3. The van der Waals surface area contributed by atoms with Crippen LogP contribution in [0.2, 0.25) is 0 Å². The van der Waals surface area contributed by atoms with Gasteiger partial charge in [-0.05, 0) is 66.3 Å². The molecule has 12 heteroatoms. The van der Waals surface area contributed by atoms with Crippen molar-refractivity contribution in [2.45, 2.75) is 50.6 Å². The van der Waals surface area contributed by atoms with E-state index in [2.05, 4.69) is 46.8 Å². The summed E-state index contributed by atoms with van der Waals surface area (Å²) >= 11 is 3.38. The summed E-state index contributed by atoms with van der Waals surface area (Å²) in [6, 6.07) is 0. The Labute approximate surface area is 210 Å². The lowest BCUT2D eigenvalue weighted by Gasteiger charge is -2.60. The van der Waals surface area contributed by atoms with Gasteiger partial charge in [0.05, 0.1) is 29.0 Å². The van der Waals surface area contributed by atoms with E-state index in [1.54, 1.807) is 30.5 Å². The van der Waals surface area contributed by atoms with Crippen LogP contribution in [0.1, 0.15) is 54.6 Å². The van der Waals surface area contributed by atoms with Crippen molar-refractivity contribution in [3.8, 4) is 0 Å². The monoisotopic (exact) mass is 541 g/mol. The summed E-state index contributed by atoms with van der Waals surface area (Å²) in [6.45, 7) is 0.342. The molecule has 184 valence electrons. The molecule has 2 unspecified atom stereocenters. The Bertz CT molecular complexity index is 1290. The highest BCUT2D eigenvalue weighted by molar-refractivity contribution is 9.10. The van der Waals surface area contributed by atoms with Crippen LogP contribution >= 0.6 is 15.9 Å². The van der Waals surface area contributed by atoms with Gasteiger partial charge in [0.2, 0.25) is 10.6 Å². The lowest BCUT2D eigenvalue weighted by Crippen LogP contribution is -2.60. The number of aromatic nitrogens is 7. The minimum absolute atomic E-state index is 0.0236. The molecule has 4 saturated carbocycles. The van der Waals surface area contributed by atoms with Gasteiger partial charge in [-0.25, -0.2) is 9.67 Å². The maximum atomic E-state index is 13.9. The highest BCUT2D eigenvalue weighted by atomic mass is 79.9. The van der Waals surface area contributed by atoms with E-state index in [-0.39, 0.29) is 17.4 Å². The Hall–Kier alpha value is -3.02. The van der Waals surface area contributed by atoms with Crippen LogP contribution in [0, 0.1) is 17.3 Å². The largest absolute Gasteiger partial charge is 0.346 e. The molecule has 0 radical (unpaired) electrons. The number of hydrogen-bond acceptors (Lipinski definition) is 6. The van der Waals surface area contributed by atoms with Crippen molar-refractivity contribution >= 4 is 33.4 Å². The smallest absolute Gasteiger partial charge is 0.271 e. The minimum atomic E-state index is -0.484. The highest BCUT2D eigenvalue weighted by Gasteiger charge is 2.61. The Morgan fingerprint density at radius 2 is 1.91 bits per heavy atom. The molecule has 4 fully saturated rings. The maximum absolute atomic E-state index is 13.9. The van der Waals surface area contributed by atoms with E-state index in [1.165, 1.54) is 11.1 Å². The van der Waals surface area contributed by atoms with Crippen LogP contribution in [0.5, 0.6) is 0 Å². The Morgan fingerprint density at radius 1 is 1.14 bits per heavy atom.